The minimum absolute atomic E-state index is 0.290. The first-order valence-electron chi connectivity index (χ1n) is 7.64. The van der Waals surface area contributed by atoms with E-state index in [0.717, 1.165) is 24.3 Å². The largest absolute Gasteiger partial charge is 0.360 e. The zero-order valence-corrected chi connectivity index (χ0v) is 12.6. The average molecular weight is 266 g/mol. The van der Waals surface area contributed by atoms with E-state index in [-0.39, 0.29) is 0 Å². The van der Waals surface area contributed by atoms with Gasteiger partial charge in [-0.05, 0) is 56.8 Å². The summed E-state index contributed by atoms with van der Waals surface area (Å²) in [5.74, 6) is 4.18. The summed E-state index contributed by atoms with van der Waals surface area (Å²) in [5.41, 5.74) is 0.290. The van der Waals surface area contributed by atoms with Gasteiger partial charge in [-0.3, -0.25) is 4.99 Å². The summed E-state index contributed by atoms with van der Waals surface area (Å²) in [6.45, 7) is 5.69. The Morgan fingerprint density at radius 3 is 2.94 bits per heavy atom. The fourth-order valence-electron chi connectivity index (χ4n) is 3.88. The lowest BCUT2D eigenvalue weighted by molar-refractivity contribution is 0.340. The van der Waals surface area contributed by atoms with Crippen LogP contribution in [-0.2, 0) is 0 Å². The van der Waals surface area contributed by atoms with Crippen LogP contribution in [0, 0.1) is 17.8 Å². The Balaban J connectivity index is 1.56. The van der Waals surface area contributed by atoms with Gasteiger partial charge in [0, 0.05) is 17.8 Å². The maximum Gasteiger partial charge on any atom is 0.156 e. The van der Waals surface area contributed by atoms with E-state index in [0.29, 0.717) is 5.54 Å². The number of amidine groups is 1. The Morgan fingerprint density at radius 1 is 1.39 bits per heavy atom. The summed E-state index contributed by atoms with van der Waals surface area (Å²) in [6.07, 6.45) is 8.40. The molecule has 0 aromatic heterocycles. The predicted octanol–water partition coefficient (Wildman–Crippen LogP) is 3.67. The topological polar surface area (TPSA) is 24.4 Å². The minimum atomic E-state index is 0.290. The zero-order chi connectivity index (χ0) is 12.6. The highest BCUT2D eigenvalue weighted by Gasteiger charge is 2.39. The van der Waals surface area contributed by atoms with Crippen molar-refractivity contribution in [3.05, 3.63) is 0 Å². The molecule has 2 aliphatic carbocycles. The van der Waals surface area contributed by atoms with Gasteiger partial charge < -0.3 is 5.32 Å². The van der Waals surface area contributed by atoms with Crippen LogP contribution in [0.15, 0.2) is 4.99 Å². The number of nitrogens with one attached hydrogen (secondary N) is 1. The van der Waals surface area contributed by atoms with Gasteiger partial charge in [0.25, 0.3) is 0 Å². The third-order valence-electron chi connectivity index (χ3n) is 5.44. The van der Waals surface area contributed by atoms with E-state index in [1.807, 2.05) is 11.8 Å². The summed E-state index contributed by atoms with van der Waals surface area (Å²) in [5, 5.41) is 4.88. The van der Waals surface area contributed by atoms with Crippen LogP contribution in [0.5, 0.6) is 0 Å². The van der Waals surface area contributed by atoms with E-state index in [1.54, 1.807) is 0 Å². The SMILES string of the molecule is CCC1(C)CCSC(=NCC2CC3CCC2C3)N1. The van der Waals surface area contributed by atoms with Gasteiger partial charge in [0.05, 0.1) is 0 Å². The normalized spacial score (nSPS) is 45.4. The maximum absolute atomic E-state index is 4.90. The molecule has 2 saturated carbocycles. The summed E-state index contributed by atoms with van der Waals surface area (Å²) < 4.78 is 0. The average Bonchev–Trinajstić information content (AvgIpc) is 2.99. The van der Waals surface area contributed by atoms with Gasteiger partial charge in [-0.25, -0.2) is 0 Å². The number of thioether (sulfide) groups is 1. The van der Waals surface area contributed by atoms with Crippen molar-refractivity contribution in [2.75, 3.05) is 12.3 Å². The first-order chi connectivity index (χ1) is 8.68. The molecule has 0 radical (unpaired) electrons. The van der Waals surface area contributed by atoms with Crippen molar-refractivity contribution >= 4 is 16.9 Å². The Labute approximate surface area is 115 Å². The van der Waals surface area contributed by atoms with Crippen molar-refractivity contribution in [3.63, 3.8) is 0 Å². The zero-order valence-electron chi connectivity index (χ0n) is 11.7. The summed E-state index contributed by atoms with van der Waals surface area (Å²) in [7, 11) is 0. The Hall–Kier alpha value is -0.180. The second kappa shape index (κ2) is 5.07. The maximum atomic E-state index is 4.90. The Morgan fingerprint density at radius 2 is 2.28 bits per heavy atom. The lowest BCUT2D eigenvalue weighted by atomic mass is 9.89. The van der Waals surface area contributed by atoms with Crippen LogP contribution < -0.4 is 5.32 Å². The molecule has 4 atom stereocenters. The number of nitrogens with zero attached hydrogens (tertiary/aromatic N) is 1. The molecule has 0 amide bonds. The van der Waals surface area contributed by atoms with Crippen LogP contribution >= 0.6 is 11.8 Å². The van der Waals surface area contributed by atoms with Gasteiger partial charge in [-0.2, -0.15) is 0 Å². The molecule has 3 fully saturated rings. The molecule has 1 aliphatic heterocycles. The van der Waals surface area contributed by atoms with E-state index < -0.39 is 0 Å². The molecule has 0 spiro atoms. The molecule has 1 heterocycles. The van der Waals surface area contributed by atoms with E-state index in [1.165, 1.54) is 49.4 Å². The molecule has 102 valence electrons. The van der Waals surface area contributed by atoms with Gasteiger partial charge in [0.15, 0.2) is 5.17 Å². The highest BCUT2D eigenvalue weighted by atomic mass is 32.2. The van der Waals surface area contributed by atoms with Crippen molar-refractivity contribution in [1.29, 1.82) is 0 Å². The predicted molar refractivity (Wildman–Crippen MR) is 80.1 cm³/mol. The van der Waals surface area contributed by atoms with Gasteiger partial charge in [-0.1, -0.05) is 25.1 Å². The summed E-state index contributed by atoms with van der Waals surface area (Å²) in [4.78, 5) is 4.90. The minimum Gasteiger partial charge on any atom is -0.360 e. The van der Waals surface area contributed by atoms with Crippen LogP contribution in [0.4, 0.5) is 0 Å². The summed E-state index contributed by atoms with van der Waals surface area (Å²) >= 11 is 1.92. The van der Waals surface area contributed by atoms with Crippen LogP contribution in [0.3, 0.4) is 0 Å². The molecule has 18 heavy (non-hydrogen) atoms. The number of hydrogen-bond acceptors (Lipinski definition) is 2. The molecule has 1 saturated heterocycles. The lowest BCUT2D eigenvalue weighted by Gasteiger charge is -2.35. The highest BCUT2D eigenvalue weighted by Crippen LogP contribution is 2.48. The molecular weight excluding hydrogens is 240 g/mol. The van der Waals surface area contributed by atoms with Gasteiger partial charge in [0.1, 0.15) is 0 Å². The molecule has 4 unspecified atom stereocenters. The fraction of sp³-hybridized carbons (Fsp3) is 0.933. The second-order valence-electron chi connectivity index (χ2n) is 6.72. The van der Waals surface area contributed by atoms with Crippen LogP contribution in [0.2, 0.25) is 0 Å². The molecule has 1 N–H and O–H groups in total. The van der Waals surface area contributed by atoms with Crippen LogP contribution in [0.1, 0.15) is 52.4 Å². The third-order valence-corrected chi connectivity index (χ3v) is 6.35. The molecule has 0 aromatic rings. The van der Waals surface area contributed by atoms with Crippen LogP contribution in [-0.4, -0.2) is 23.0 Å². The number of fused-ring (bicyclic) bond motifs is 2. The molecule has 2 nitrogen and oxygen atoms in total. The Kier molecular flexibility index (Phi) is 3.61. The molecule has 2 bridgehead atoms. The van der Waals surface area contributed by atoms with Gasteiger partial charge >= 0.3 is 0 Å². The monoisotopic (exact) mass is 266 g/mol. The molecule has 3 aliphatic rings. The van der Waals surface area contributed by atoms with E-state index in [4.69, 9.17) is 4.99 Å². The Bertz CT molecular complexity index is 341. The first kappa shape index (κ1) is 12.8. The van der Waals surface area contributed by atoms with E-state index >= 15 is 0 Å². The lowest BCUT2D eigenvalue weighted by Crippen LogP contribution is -2.48. The molecule has 3 heteroatoms. The van der Waals surface area contributed by atoms with Crippen molar-refractivity contribution in [1.82, 2.24) is 5.32 Å². The van der Waals surface area contributed by atoms with Crippen molar-refractivity contribution in [3.8, 4) is 0 Å². The number of rotatable bonds is 3. The van der Waals surface area contributed by atoms with Crippen molar-refractivity contribution in [2.45, 2.75) is 57.9 Å². The molecule has 0 aromatic carbocycles. The van der Waals surface area contributed by atoms with Crippen molar-refractivity contribution < 1.29 is 0 Å². The summed E-state index contributed by atoms with van der Waals surface area (Å²) in [6, 6.07) is 0. The third kappa shape index (κ3) is 2.56. The molecular formula is C15H26N2S. The van der Waals surface area contributed by atoms with Crippen molar-refractivity contribution in [2.24, 2.45) is 22.7 Å². The second-order valence-corrected chi connectivity index (χ2v) is 7.80. The number of aliphatic imine (C=N–C) groups is 1. The van der Waals surface area contributed by atoms with Crippen LogP contribution in [0.25, 0.3) is 0 Å². The molecule has 3 rings (SSSR count). The van der Waals surface area contributed by atoms with Gasteiger partial charge in [-0.15, -0.1) is 0 Å². The first-order valence-corrected chi connectivity index (χ1v) is 8.62. The van der Waals surface area contributed by atoms with Gasteiger partial charge in [0.2, 0.25) is 0 Å². The fourth-order valence-corrected chi connectivity index (χ4v) is 5.11. The van der Waals surface area contributed by atoms with E-state index in [9.17, 15) is 0 Å². The smallest absolute Gasteiger partial charge is 0.156 e. The quantitative estimate of drug-likeness (QED) is 0.843. The van der Waals surface area contributed by atoms with E-state index in [2.05, 4.69) is 19.2 Å². The standard InChI is InChI=1S/C15H26N2S/c1-3-15(2)6-7-18-14(17-15)16-10-13-9-11-4-5-12(13)8-11/h11-13H,3-10H2,1-2H3,(H,16,17). The highest BCUT2D eigenvalue weighted by molar-refractivity contribution is 8.13. The number of hydrogen-bond donors (Lipinski definition) is 1.